The van der Waals surface area contributed by atoms with Crippen LogP contribution in [-0.2, 0) is 0 Å². The lowest BCUT2D eigenvalue weighted by atomic mass is 9.71. The molecule has 0 spiro atoms. The summed E-state index contributed by atoms with van der Waals surface area (Å²) >= 11 is 0. The van der Waals surface area contributed by atoms with Gasteiger partial charge in [0.15, 0.2) is 0 Å². The van der Waals surface area contributed by atoms with Crippen molar-refractivity contribution in [3.05, 3.63) is 0 Å². The quantitative estimate of drug-likeness (QED) is 0.531. The van der Waals surface area contributed by atoms with Gasteiger partial charge in [0.05, 0.1) is 0 Å². The summed E-state index contributed by atoms with van der Waals surface area (Å²) < 4.78 is 0. The van der Waals surface area contributed by atoms with Gasteiger partial charge in [0.25, 0.3) is 0 Å². The van der Waals surface area contributed by atoms with Crippen LogP contribution in [0.2, 0.25) is 0 Å². The van der Waals surface area contributed by atoms with Crippen LogP contribution in [0.5, 0.6) is 0 Å². The average Bonchev–Trinajstić information content (AvgIpc) is 2.03. The van der Waals surface area contributed by atoms with E-state index in [0.717, 1.165) is 11.8 Å². The van der Waals surface area contributed by atoms with Gasteiger partial charge in [0.2, 0.25) is 0 Å². The fourth-order valence-corrected chi connectivity index (χ4v) is 3.37. The molecule has 104 valence electrons. The Labute approximate surface area is 111 Å². The molecule has 0 amide bonds. The molecule has 0 radical (unpaired) electrons. The van der Waals surface area contributed by atoms with E-state index < -0.39 is 0 Å². The highest BCUT2D eigenvalue weighted by Crippen LogP contribution is 2.40. The maximum absolute atomic E-state index is 2.38. The minimum absolute atomic E-state index is 0. The van der Waals surface area contributed by atoms with Crippen LogP contribution in [0.15, 0.2) is 0 Å². The van der Waals surface area contributed by atoms with E-state index in [1.807, 2.05) is 0 Å². The first-order chi connectivity index (χ1) is 7.16. The van der Waals surface area contributed by atoms with Crippen LogP contribution in [0.1, 0.15) is 87.5 Å². The summed E-state index contributed by atoms with van der Waals surface area (Å²) in [5.41, 5.74) is 1.06. The van der Waals surface area contributed by atoms with E-state index in [0.29, 0.717) is 10.8 Å². The van der Waals surface area contributed by atoms with Crippen LogP contribution < -0.4 is 0 Å². The smallest absolute Gasteiger partial charge is 0.0380 e. The number of hydrogen-bond donors (Lipinski definition) is 0. The summed E-state index contributed by atoms with van der Waals surface area (Å²) in [6.45, 7) is 14.3. The lowest BCUT2D eigenvalue weighted by molar-refractivity contribution is 0.171. The lowest BCUT2D eigenvalue weighted by Gasteiger charge is -2.35. The fraction of sp³-hybridized carbons (Fsp3) is 1.00. The molecule has 17 heavy (non-hydrogen) atoms. The number of rotatable bonds is 2. The second kappa shape index (κ2) is 6.25. The predicted octanol–water partition coefficient (Wildman–Crippen LogP) is 6.30. The molecule has 0 N–H and O–H groups in total. The van der Waals surface area contributed by atoms with Gasteiger partial charge >= 0.3 is 0 Å². The summed E-state index contributed by atoms with van der Waals surface area (Å²) in [6.07, 6.45) is 8.79. The molecule has 1 aliphatic carbocycles. The molecular weight excluding hydrogens is 204 g/mol. The highest BCUT2D eigenvalue weighted by molar-refractivity contribution is 4.79. The maximum atomic E-state index is 2.38. The first-order valence-electron chi connectivity index (χ1n) is 7.16. The van der Waals surface area contributed by atoms with Crippen LogP contribution in [0.3, 0.4) is 0 Å². The number of hydrogen-bond acceptors (Lipinski definition) is 0. The van der Waals surface area contributed by atoms with Gasteiger partial charge in [0, 0.05) is 0 Å². The SMILES string of the molecule is C.CC(C)(C)CC1CCC(CC(C)(C)C)CC1. The third-order valence-corrected chi connectivity index (χ3v) is 3.77. The Morgan fingerprint density at radius 3 is 1.06 bits per heavy atom. The van der Waals surface area contributed by atoms with Gasteiger partial charge in [0.1, 0.15) is 0 Å². The van der Waals surface area contributed by atoms with Crippen molar-refractivity contribution in [1.29, 1.82) is 0 Å². The summed E-state index contributed by atoms with van der Waals surface area (Å²) in [4.78, 5) is 0. The van der Waals surface area contributed by atoms with Gasteiger partial charge in [-0.1, -0.05) is 74.7 Å². The molecule has 0 aromatic heterocycles. The Kier molecular flexibility index (Phi) is 6.25. The highest BCUT2D eigenvalue weighted by atomic mass is 14.3. The molecule has 0 unspecified atom stereocenters. The van der Waals surface area contributed by atoms with E-state index in [1.54, 1.807) is 0 Å². The summed E-state index contributed by atoms with van der Waals surface area (Å²) in [7, 11) is 0. The van der Waals surface area contributed by atoms with Crippen molar-refractivity contribution in [2.24, 2.45) is 22.7 Å². The van der Waals surface area contributed by atoms with Crippen LogP contribution in [0.25, 0.3) is 0 Å². The van der Waals surface area contributed by atoms with Crippen molar-refractivity contribution in [3.8, 4) is 0 Å². The standard InChI is InChI=1S/C16H32.CH4/c1-15(2,3)11-13-7-9-14(10-8-13)12-16(4,5)6;/h13-14H,7-12H2,1-6H3;1H4. The predicted molar refractivity (Wildman–Crippen MR) is 80.3 cm³/mol. The molecule has 0 aliphatic heterocycles. The Balaban J connectivity index is 0.00000256. The van der Waals surface area contributed by atoms with Crippen molar-refractivity contribution in [2.45, 2.75) is 87.5 Å². The molecule has 1 rings (SSSR count). The van der Waals surface area contributed by atoms with E-state index in [9.17, 15) is 0 Å². The second-order valence-corrected chi connectivity index (χ2v) is 8.42. The Hall–Kier alpha value is 0. The molecule has 0 heteroatoms. The summed E-state index contributed by atoms with van der Waals surface area (Å²) in [5.74, 6) is 2.02. The van der Waals surface area contributed by atoms with Gasteiger partial charge in [-0.2, -0.15) is 0 Å². The zero-order valence-corrected chi connectivity index (χ0v) is 12.4. The third kappa shape index (κ3) is 7.84. The molecule has 0 nitrogen and oxygen atoms in total. The molecule has 0 bridgehead atoms. The van der Waals surface area contributed by atoms with Gasteiger partial charge in [-0.3, -0.25) is 0 Å². The van der Waals surface area contributed by atoms with E-state index in [4.69, 9.17) is 0 Å². The van der Waals surface area contributed by atoms with Crippen LogP contribution in [0, 0.1) is 22.7 Å². The maximum Gasteiger partial charge on any atom is -0.0380 e. The van der Waals surface area contributed by atoms with Crippen molar-refractivity contribution < 1.29 is 0 Å². The molecule has 1 saturated carbocycles. The first kappa shape index (κ1) is 17.0. The largest absolute Gasteiger partial charge is 0.0776 e. The molecule has 0 saturated heterocycles. The van der Waals surface area contributed by atoms with Crippen molar-refractivity contribution in [3.63, 3.8) is 0 Å². The van der Waals surface area contributed by atoms with Crippen molar-refractivity contribution in [1.82, 2.24) is 0 Å². The summed E-state index contributed by atoms with van der Waals surface area (Å²) in [6, 6.07) is 0. The van der Waals surface area contributed by atoms with E-state index >= 15 is 0 Å². The summed E-state index contributed by atoms with van der Waals surface area (Å²) in [5, 5.41) is 0. The molecule has 0 atom stereocenters. The topological polar surface area (TPSA) is 0 Å². The van der Waals surface area contributed by atoms with E-state index in [-0.39, 0.29) is 7.43 Å². The molecule has 0 heterocycles. The molecular formula is C17H36. The Morgan fingerprint density at radius 1 is 0.647 bits per heavy atom. The highest BCUT2D eigenvalue weighted by Gasteiger charge is 2.27. The van der Waals surface area contributed by atoms with Gasteiger partial charge in [-0.25, -0.2) is 0 Å². The zero-order chi connectivity index (χ0) is 12.4. The zero-order valence-electron chi connectivity index (χ0n) is 12.4. The molecule has 1 fully saturated rings. The molecule has 0 aromatic carbocycles. The van der Waals surface area contributed by atoms with Crippen molar-refractivity contribution in [2.75, 3.05) is 0 Å². The first-order valence-corrected chi connectivity index (χ1v) is 7.16. The monoisotopic (exact) mass is 240 g/mol. The normalized spacial score (nSPS) is 26.5. The third-order valence-electron chi connectivity index (χ3n) is 3.77. The van der Waals surface area contributed by atoms with Gasteiger partial charge in [-0.15, -0.1) is 0 Å². The minimum Gasteiger partial charge on any atom is -0.0776 e. The van der Waals surface area contributed by atoms with Crippen molar-refractivity contribution >= 4 is 0 Å². The van der Waals surface area contributed by atoms with E-state index in [2.05, 4.69) is 41.5 Å². The minimum atomic E-state index is 0. The Bertz CT molecular complexity index is 169. The van der Waals surface area contributed by atoms with Crippen LogP contribution in [0.4, 0.5) is 0 Å². The molecule has 0 aromatic rings. The second-order valence-electron chi connectivity index (χ2n) is 8.42. The lowest BCUT2D eigenvalue weighted by Crippen LogP contribution is -2.22. The Morgan fingerprint density at radius 2 is 0.882 bits per heavy atom. The van der Waals surface area contributed by atoms with Crippen LogP contribution >= 0.6 is 0 Å². The fourth-order valence-electron chi connectivity index (χ4n) is 3.37. The van der Waals surface area contributed by atoms with Gasteiger partial charge in [-0.05, 0) is 35.5 Å². The van der Waals surface area contributed by atoms with Crippen LogP contribution in [-0.4, -0.2) is 0 Å². The van der Waals surface area contributed by atoms with Gasteiger partial charge < -0.3 is 0 Å². The average molecular weight is 240 g/mol. The van der Waals surface area contributed by atoms with E-state index in [1.165, 1.54) is 38.5 Å². The molecule has 1 aliphatic rings.